The third-order valence-corrected chi connectivity index (χ3v) is 5.85. The van der Waals surface area contributed by atoms with Crippen molar-refractivity contribution in [3.63, 3.8) is 0 Å². The second kappa shape index (κ2) is 5.21. The molecule has 2 unspecified atom stereocenters. The molecular weight excluding hydrogens is 298 g/mol. The van der Waals surface area contributed by atoms with Crippen LogP contribution in [0.3, 0.4) is 0 Å². The minimum absolute atomic E-state index is 0.556. The van der Waals surface area contributed by atoms with Crippen molar-refractivity contribution in [2.24, 2.45) is 17.3 Å². The van der Waals surface area contributed by atoms with Gasteiger partial charge in [0.1, 0.15) is 0 Å². The zero-order valence-corrected chi connectivity index (χ0v) is 13.6. The highest BCUT2D eigenvalue weighted by Crippen LogP contribution is 2.48. The number of rotatable bonds is 1. The molecule has 1 aromatic carbocycles. The minimum Gasteiger partial charge on any atom is -0.316 e. The molecule has 1 spiro atoms. The highest BCUT2D eigenvalue weighted by molar-refractivity contribution is 9.10. The molecule has 2 heteroatoms. The van der Waals surface area contributed by atoms with Gasteiger partial charge in [-0.3, -0.25) is 0 Å². The number of fused-ring (bicyclic) bond motifs is 1. The average Bonchev–Trinajstić information content (AvgIpc) is 2.39. The maximum Gasteiger partial charge on any atom is 0.0178 e. The first-order chi connectivity index (χ1) is 9.11. The van der Waals surface area contributed by atoms with Crippen LogP contribution in [0.5, 0.6) is 0 Å². The van der Waals surface area contributed by atoms with E-state index in [0.717, 1.165) is 11.8 Å². The number of aryl methyl sites for hydroxylation is 1. The van der Waals surface area contributed by atoms with E-state index in [1.54, 1.807) is 11.1 Å². The van der Waals surface area contributed by atoms with Crippen LogP contribution in [0.4, 0.5) is 0 Å². The Morgan fingerprint density at radius 2 is 2.11 bits per heavy atom. The number of benzene rings is 1. The van der Waals surface area contributed by atoms with Gasteiger partial charge in [-0.1, -0.05) is 35.8 Å². The van der Waals surface area contributed by atoms with E-state index in [-0.39, 0.29) is 0 Å². The first-order valence-electron chi connectivity index (χ1n) is 7.59. The molecule has 3 rings (SSSR count). The third kappa shape index (κ3) is 2.50. The molecule has 1 heterocycles. The monoisotopic (exact) mass is 321 g/mol. The lowest BCUT2D eigenvalue weighted by atomic mass is 9.58. The summed E-state index contributed by atoms with van der Waals surface area (Å²) in [5.74, 6) is 1.61. The number of hydrogen-bond acceptors (Lipinski definition) is 1. The van der Waals surface area contributed by atoms with Gasteiger partial charge in [0.15, 0.2) is 0 Å². The Labute approximate surface area is 125 Å². The molecule has 2 aliphatic rings. The van der Waals surface area contributed by atoms with Crippen molar-refractivity contribution in [1.82, 2.24) is 5.32 Å². The summed E-state index contributed by atoms with van der Waals surface area (Å²) < 4.78 is 1.23. The van der Waals surface area contributed by atoms with E-state index >= 15 is 0 Å². The molecule has 1 aromatic rings. The van der Waals surface area contributed by atoms with Gasteiger partial charge in [-0.2, -0.15) is 0 Å². The Hall–Kier alpha value is -0.340. The number of hydrogen-bond donors (Lipinski definition) is 1. The third-order valence-electron chi connectivity index (χ3n) is 5.36. The molecule has 0 amide bonds. The summed E-state index contributed by atoms with van der Waals surface area (Å²) in [5, 5.41) is 3.61. The fourth-order valence-corrected chi connectivity index (χ4v) is 4.73. The van der Waals surface area contributed by atoms with E-state index in [4.69, 9.17) is 0 Å². The van der Waals surface area contributed by atoms with Crippen molar-refractivity contribution in [2.45, 2.75) is 39.5 Å². The van der Waals surface area contributed by atoms with Crippen LogP contribution in [0, 0.1) is 17.3 Å². The first kappa shape index (κ1) is 13.6. The zero-order chi connectivity index (χ0) is 13.5. The lowest BCUT2D eigenvalue weighted by Crippen LogP contribution is -2.50. The van der Waals surface area contributed by atoms with Gasteiger partial charge in [0.25, 0.3) is 0 Å². The lowest BCUT2D eigenvalue weighted by Gasteiger charge is -2.49. The summed E-state index contributed by atoms with van der Waals surface area (Å²) in [6.45, 7) is 7.21. The van der Waals surface area contributed by atoms with E-state index in [2.05, 4.69) is 53.3 Å². The van der Waals surface area contributed by atoms with Gasteiger partial charge in [0.05, 0.1) is 0 Å². The van der Waals surface area contributed by atoms with Crippen LogP contribution in [-0.2, 0) is 12.8 Å². The maximum atomic E-state index is 3.61. The van der Waals surface area contributed by atoms with E-state index < -0.39 is 0 Å². The number of piperidine rings is 1. The second-order valence-corrected chi connectivity index (χ2v) is 7.67. The van der Waals surface area contributed by atoms with Crippen molar-refractivity contribution in [3.8, 4) is 0 Å². The number of halogens is 1. The van der Waals surface area contributed by atoms with Crippen molar-refractivity contribution in [1.29, 1.82) is 0 Å². The molecular formula is C17H24BrN. The van der Waals surface area contributed by atoms with Crippen molar-refractivity contribution < 1.29 is 0 Å². The maximum absolute atomic E-state index is 3.61. The molecule has 1 nitrogen and oxygen atoms in total. The first-order valence-corrected chi connectivity index (χ1v) is 8.38. The van der Waals surface area contributed by atoms with Crippen LogP contribution in [0.25, 0.3) is 0 Å². The molecule has 1 aliphatic carbocycles. The molecule has 1 fully saturated rings. The Kier molecular flexibility index (Phi) is 3.74. The molecule has 1 saturated heterocycles. The molecule has 0 bridgehead atoms. The summed E-state index contributed by atoms with van der Waals surface area (Å²) in [6.07, 6.45) is 5.28. The smallest absolute Gasteiger partial charge is 0.0178 e. The average molecular weight is 322 g/mol. The predicted octanol–water partition coefficient (Wildman–Crippen LogP) is 4.19. The summed E-state index contributed by atoms with van der Waals surface area (Å²) in [6, 6.07) is 6.89. The molecule has 19 heavy (non-hydrogen) atoms. The van der Waals surface area contributed by atoms with Crippen LogP contribution >= 0.6 is 15.9 Å². The van der Waals surface area contributed by atoms with Gasteiger partial charge in [-0.15, -0.1) is 0 Å². The summed E-state index contributed by atoms with van der Waals surface area (Å²) in [4.78, 5) is 0. The molecule has 1 aliphatic heterocycles. The topological polar surface area (TPSA) is 12.0 Å². The van der Waals surface area contributed by atoms with Crippen molar-refractivity contribution in [2.75, 3.05) is 13.1 Å². The Bertz CT molecular complexity index is 468. The fraction of sp³-hybridized carbons (Fsp3) is 0.647. The minimum atomic E-state index is 0.556. The van der Waals surface area contributed by atoms with Gasteiger partial charge in [0.2, 0.25) is 0 Å². The van der Waals surface area contributed by atoms with Crippen LogP contribution in [-0.4, -0.2) is 13.1 Å². The fourth-order valence-electron chi connectivity index (χ4n) is 4.32. The van der Waals surface area contributed by atoms with Crippen LogP contribution in [0.2, 0.25) is 0 Å². The second-order valence-electron chi connectivity index (χ2n) is 6.76. The van der Waals surface area contributed by atoms with Crippen LogP contribution in [0.15, 0.2) is 22.7 Å². The van der Waals surface area contributed by atoms with Gasteiger partial charge in [0, 0.05) is 4.47 Å². The lowest BCUT2D eigenvalue weighted by molar-refractivity contribution is 0.0551. The zero-order valence-electron chi connectivity index (χ0n) is 12.0. The molecule has 2 atom stereocenters. The molecule has 0 aromatic heterocycles. The van der Waals surface area contributed by atoms with Crippen LogP contribution in [0.1, 0.15) is 37.8 Å². The molecule has 1 N–H and O–H groups in total. The van der Waals surface area contributed by atoms with Gasteiger partial charge >= 0.3 is 0 Å². The Balaban J connectivity index is 1.92. The SMILES string of the molecule is CC(C)C1CNCCC12CCc1cc(Br)ccc1C2. The van der Waals surface area contributed by atoms with E-state index in [1.165, 1.54) is 43.2 Å². The standard InChI is InChI=1S/C17H24BrN/c1-12(2)16-11-19-8-7-17(16)6-5-13-9-15(18)4-3-14(13)10-17/h3-4,9,12,16,19H,5-8,10-11H2,1-2H3. The van der Waals surface area contributed by atoms with Crippen LogP contribution < -0.4 is 5.32 Å². The highest BCUT2D eigenvalue weighted by atomic mass is 79.9. The summed E-state index contributed by atoms with van der Waals surface area (Å²) >= 11 is 3.60. The van der Waals surface area contributed by atoms with E-state index in [1.807, 2.05) is 0 Å². The van der Waals surface area contributed by atoms with E-state index in [0.29, 0.717) is 5.41 Å². The Morgan fingerprint density at radius 3 is 2.89 bits per heavy atom. The van der Waals surface area contributed by atoms with Gasteiger partial charge in [-0.05, 0) is 79.3 Å². The quantitative estimate of drug-likeness (QED) is 0.817. The highest BCUT2D eigenvalue weighted by Gasteiger charge is 2.43. The normalized spacial score (nSPS) is 30.6. The molecule has 0 radical (unpaired) electrons. The molecule has 0 saturated carbocycles. The summed E-state index contributed by atoms with van der Waals surface area (Å²) in [5.41, 5.74) is 3.73. The number of nitrogens with one attached hydrogen (secondary N) is 1. The van der Waals surface area contributed by atoms with Gasteiger partial charge in [-0.25, -0.2) is 0 Å². The van der Waals surface area contributed by atoms with Crippen molar-refractivity contribution >= 4 is 15.9 Å². The largest absolute Gasteiger partial charge is 0.316 e. The van der Waals surface area contributed by atoms with Gasteiger partial charge < -0.3 is 5.32 Å². The van der Waals surface area contributed by atoms with Crippen molar-refractivity contribution in [3.05, 3.63) is 33.8 Å². The summed E-state index contributed by atoms with van der Waals surface area (Å²) in [7, 11) is 0. The Morgan fingerprint density at radius 1 is 1.26 bits per heavy atom. The predicted molar refractivity (Wildman–Crippen MR) is 84.4 cm³/mol. The van der Waals surface area contributed by atoms with E-state index in [9.17, 15) is 0 Å². The molecule has 104 valence electrons.